The van der Waals surface area contributed by atoms with Crippen molar-refractivity contribution in [2.24, 2.45) is 0 Å². The molecule has 0 fully saturated rings. The fraction of sp³-hybridized carbons (Fsp3) is 0.200. The number of rotatable bonds is 4. The first-order valence-electron chi connectivity index (χ1n) is 5.84. The van der Waals surface area contributed by atoms with Gasteiger partial charge in [0.05, 0.1) is 13.7 Å². The molecule has 4 heteroatoms. The number of hydrogen-bond acceptors (Lipinski definition) is 3. The Bertz CT molecular complexity index is 536. The van der Waals surface area contributed by atoms with Gasteiger partial charge >= 0.3 is 0 Å². The Kier molecular flexibility index (Phi) is 4.44. The maximum Gasteiger partial charge on any atom is 0.138 e. The highest BCUT2D eigenvalue weighted by Gasteiger charge is 2.30. The Hall–Kier alpha value is -1.11. The van der Waals surface area contributed by atoms with E-state index in [2.05, 4.69) is 22.6 Å². The third-order valence-corrected chi connectivity index (χ3v) is 3.84. The van der Waals surface area contributed by atoms with Crippen molar-refractivity contribution in [3.05, 3.63) is 63.2 Å². The van der Waals surface area contributed by atoms with Crippen LogP contribution in [0, 0.1) is 3.57 Å². The van der Waals surface area contributed by atoms with Crippen molar-refractivity contribution >= 4 is 22.6 Å². The highest BCUT2D eigenvalue weighted by Crippen LogP contribution is 2.30. The molecule has 0 bridgehead atoms. The zero-order valence-corrected chi connectivity index (χ0v) is 12.7. The summed E-state index contributed by atoms with van der Waals surface area (Å²) in [5.41, 5.74) is -0.0889. The number of aliphatic hydroxyl groups excluding tert-OH is 1. The fourth-order valence-electron chi connectivity index (χ4n) is 1.94. The van der Waals surface area contributed by atoms with Crippen LogP contribution in [0.25, 0.3) is 0 Å². The molecule has 0 aliphatic heterocycles. The van der Waals surface area contributed by atoms with Gasteiger partial charge in [-0.3, -0.25) is 0 Å². The molecule has 100 valence electrons. The average Bonchev–Trinajstić information content (AvgIpc) is 2.47. The highest BCUT2D eigenvalue weighted by molar-refractivity contribution is 14.1. The lowest BCUT2D eigenvalue weighted by Gasteiger charge is -2.27. The second-order valence-electron chi connectivity index (χ2n) is 4.25. The lowest BCUT2D eigenvalue weighted by Crippen LogP contribution is -2.31. The molecule has 2 aromatic carbocycles. The highest BCUT2D eigenvalue weighted by atomic mass is 127. The van der Waals surface area contributed by atoms with Crippen LogP contribution in [-0.4, -0.2) is 23.9 Å². The van der Waals surface area contributed by atoms with Gasteiger partial charge in [-0.05, 0) is 58.0 Å². The molecule has 2 N–H and O–H groups in total. The van der Waals surface area contributed by atoms with E-state index in [1.54, 1.807) is 31.4 Å². The molecule has 19 heavy (non-hydrogen) atoms. The average molecular weight is 370 g/mol. The molecule has 0 saturated carbocycles. The molecular weight excluding hydrogens is 355 g/mol. The number of methoxy groups -OCH3 is 1. The molecule has 2 aromatic rings. The van der Waals surface area contributed by atoms with E-state index in [0.29, 0.717) is 16.9 Å². The molecule has 2 rings (SSSR count). The summed E-state index contributed by atoms with van der Waals surface area (Å²) >= 11 is 2.20. The fourth-order valence-corrected chi connectivity index (χ4v) is 2.30. The zero-order valence-electron chi connectivity index (χ0n) is 10.5. The minimum atomic E-state index is -1.39. The Morgan fingerprint density at radius 1 is 1.00 bits per heavy atom. The minimum Gasteiger partial charge on any atom is -0.497 e. The summed E-state index contributed by atoms with van der Waals surface area (Å²) < 4.78 is 6.17. The summed E-state index contributed by atoms with van der Waals surface area (Å²) in [6.45, 7) is -0.375. The number of ether oxygens (including phenoxy) is 1. The SMILES string of the molecule is COc1ccc([C@@](O)(CO)c2ccc(I)cc2)cc1. The van der Waals surface area contributed by atoms with Crippen molar-refractivity contribution in [2.75, 3.05) is 13.7 Å². The van der Waals surface area contributed by atoms with E-state index in [-0.39, 0.29) is 6.61 Å². The van der Waals surface area contributed by atoms with Crippen LogP contribution >= 0.6 is 22.6 Å². The van der Waals surface area contributed by atoms with Crippen LogP contribution in [0.2, 0.25) is 0 Å². The predicted octanol–water partition coefficient (Wildman–Crippen LogP) is 2.53. The maximum atomic E-state index is 10.7. The first kappa shape index (κ1) is 14.3. The topological polar surface area (TPSA) is 49.7 Å². The van der Waals surface area contributed by atoms with Gasteiger partial charge in [-0.1, -0.05) is 24.3 Å². The van der Waals surface area contributed by atoms with E-state index < -0.39 is 5.60 Å². The molecule has 0 spiro atoms. The first-order chi connectivity index (χ1) is 9.10. The lowest BCUT2D eigenvalue weighted by atomic mass is 9.87. The van der Waals surface area contributed by atoms with Crippen LogP contribution in [-0.2, 0) is 5.60 Å². The smallest absolute Gasteiger partial charge is 0.138 e. The molecule has 0 heterocycles. The van der Waals surface area contributed by atoms with Gasteiger partial charge in [0.2, 0.25) is 0 Å². The first-order valence-corrected chi connectivity index (χ1v) is 6.92. The standard InChI is InChI=1S/C15H15IO3/c1-19-14-8-4-12(5-9-14)15(18,10-17)11-2-6-13(16)7-3-11/h2-9,17-18H,10H2,1H3/t15-/m1/s1. The molecular formula is C15H15IO3. The van der Waals surface area contributed by atoms with Crippen molar-refractivity contribution in [2.45, 2.75) is 5.60 Å². The van der Waals surface area contributed by atoms with E-state index in [9.17, 15) is 10.2 Å². The van der Waals surface area contributed by atoms with Crippen molar-refractivity contribution in [1.29, 1.82) is 0 Å². The zero-order chi connectivity index (χ0) is 13.9. The molecule has 0 aromatic heterocycles. The Morgan fingerprint density at radius 3 is 1.89 bits per heavy atom. The van der Waals surface area contributed by atoms with Crippen molar-refractivity contribution in [1.82, 2.24) is 0 Å². The van der Waals surface area contributed by atoms with Gasteiger partial charge in [0.15, 0.2) is 0 Å². The van der Waals surface area contributed by atoms with E-state index in [4.69, 9.17) is 4.74 Å². The molecule has 0 unspecified atom stereocenters. The van der Waals surface area contributed by atoms with Crippen LogP contribution in [0.3, 0.4) is 0 Å². The molecule has 0 saturated heterocycles. The van der Waals surface area contributed by atoms with Gasteiger partial charge in [-0.15, -0.1) is 0 Å². The number of aliphatic hydroxyl groups is 2. The summed E-state index contributed by atoms with van der Waals surface area (Å²) in [6.07, 6.45) is 0. The van der Waals surface area contributed by atoms with Crippen molar-refractivity contribution in [3.8, 4) is 5.75 Å². The van der Waals surface area contributed by atoms with Gasteiger partial charge in [-0.25, -0.2) is 0 Å². The van der Waals surface area contributed by atoms with Gasteiger partial charge in [0.1, 0.15) is 11.4 Å². The van der Waals surface area contributed by atoms with Gasteiger partial charge < -0.3 is 14.9 Å². The maximum absolute atomic E-state index is 10.7. The summed E-state index contributed by atoms with van der Waals surface area (Å²) in [6, 6.07) is 14.5. The third-order valence-electron chi connectivity index (χ3n) is 3.12. The quantitative estimate of drug-likeness (QED) is 0.814. The largest absolute Gasteiger partial charge is 0.497 e. The summed E-state index contributed by atoms with van der Waals surface area (Å²) in [7, 11) is 1.59. The molecule has 0 radical (unpaired) electrons. The second-order valence-corrected chi connectivity index (χ2v) is 5.50. The molecule has 1 atom stereocenters. The molecule has 0 amide bonds. The molecule has 0 aliphatic carbocycles. The molecule has 0 aliphatic rings. The number of benzene rings is 2. The van der Waals surface area contributed by atoms with E-state index in [1.807, 2.05) is 24.3 Å². The van der Waals surface area contributed by atoms with Crippen LogP contribution in [0.15, 0.2) is 48.5 Å². The van der Waals surface area contributed by atoms with Crippen molar-refractivity contribution < 1.29 is 14.9 Å². The Morgan fingerprint density at radius 2 is 1.47 bits per heavy atom. The van der Waals surface area contributed by atoms with E-state index in [1.165, 1.54) is 0 Å². The van der Waals surface area contributed by atoms with Crippen molar-refractivity contribution in [3.63, 3.8) is 0 Å². The van der Waals surface area contributed by atoms with Crippen LogP contribution in [0.4, 0.5) is 0 Å². The Balaban J connectivity index is 2.43. The van der Waals surface area contributed by atoms with E-state index in [0.717, 1.165) is 3.57 Å². The predicted molar refractivity (Wildman–Crippen MR) is 82.2 cm³/mol. The van der Waals surface area contributed by atoms with Crippen LogP contribution in [0.1, 0.15) is 11.1 Å². The minimum absolute atomic E-state index is 0.375. The number of hydrogen-bond donors (Lipinski definition) is 2. The van der Waals surface area contributed by atoms with Crippen LogP contribution < -0.4 is 4.74 Å². The monoisotopic (exact) mass is 370 g/mol. The Labute approximate surface area is 126 Å². The van der Waals surface area contributed by atoms with Gasteiger partial charge in [0, 0.05) is 3.57 Å². The number of halogens is 1. The summed E-state index contributed by atoms with van der Waals surface area (Å²) in [5.74, 6) is 0.714. The van der Waals surface area contributed by atoms with E-state index >= 15 is 0 Å². The van der Waals surface area contributed by atoms with Crippen LogP contribution in [0.5, 0.6) is 5.75 Å². The normalized spacial score (nSPS) is 13.9. The van der Waals surface area contributed by atoms with Gasteiger partial charge in [0.25, 0.3) is 0 Å². The summed E-state index contributed by atoms with van der Waals surface area (Å²) in [5, 5.41) is 20.3. The summed E-state index contributed by atoms with van der Waals surface area (Å²) in [4.78, 5) is 0. The third kappa shape index (κ3) is 2.91. The second kappa shape index (κ2) is 5.90. The lowest BCUT2D eigenvalue weighted by molar-refractivity contribution is 0.0172. The van der Waals surface area contributed by atoms with Gasteiger partial charge in [-0.2, -0.15) is 0 Å². The molecule has 3 nitrogen and oxygen atoms in total.